The van der Waals surface area contributed by atoms with E-state index in [1.165, 1.54) is 4.90 Å². The molecule has 8 heteroatoms. The van der Waals surface area contributed by atoms with Crippen molar-refractivity contribution in [2.24, 2.45) is 5.73 Å². The molecule has 116 valence electrons. The SMILES string of the molecule is NC(=S)c1c(Cl)cccc1N1CCN(CC(F)(F)F)CC1. The average molecular weight is 338 g/mol. The summed E-state index contributed by atoms with van der Waals surface area (Å²) in [6.45, 7) is 0.752. The lowest BCUT2D eigenvalue weighted by atomic mass is 10.1. The molecule has 1 saturated heterocycles. The van der Waals surface area contributed by atoms with Gasteiger partial charge in [-0.2, -0.15) is 13.2 Å². The second-order valence-corrected chi connectivity index (χ2v) is 5.72. The molecule has 0 aliphatic carbocycles. The fraction of sp³-hybridized carbons (Fsp3) is 0.462. The van der Waals surface area contributed by atoms with Crippen molar-refractivity contribution in [3.8, 4) is 0 Å². The molecule has 0 unspecified atom stereocenters. The third kappa shape index (κ3) is 4.21. The van der Waals surface area contributed by atoms with Gasteiger partial charge in [0.25, 0.3) is 0 Å². The highest BCUT2D eigenvalue weighted by Gasteiger charge is 2.32. The van der Waals surface area contributed by atoms with Crippen molar-refractivity contribution in [1.82, 2.24) is 4.90 Å². The first-order valence-corrected chi connectivity index (χ1v) is 7.19. The molecule has 1 aliphatic rings. The van der Waals surface area contributed by atoms with Crippen LogP contribution in [0.25, 0.3) is 0 Å². The van der Waals surface area contributed by atoms with E-state index in [1.54, 1.807) is 12.1 Å². The van der Waals surface area contributed by atoms with E-state index in [9.17, 15) is 13.2 Å². The standard InChI is InChI=1S/C13H15ClF3N3S/c14-9-2-1-3-10(11(9)12(18)21)20-6-4-19(5-7-20)8-13(15,16)17/h1-3H,4-8H2,(H2,18,21). The largest absolute Gasteiger partial charge is 0.401 e. The molecular weight excluding hydrogens is 323 g/mol. The lowest BCUT2D eigenvalue weighted by Gasteiger charge is -2.37. The second kappa shape index (κ2) is 6.37. The van der Waals surface area contributed by atoms with Crippen molar-refractivity contribution < 1.29 is 13.2 Å². The first-order chi connectivity index (χ1) is 9.78. The van der Waals surface area contributed by atoms with Crippen molar-refractivity contribution in [3.63, 3.8) is 0 Å². The minimum absolute atomic E-state index is 0.188. The molecule has 0 atom stereocenters. The van der Waals surface area contributed by atoms with Gasteiger partial charge in [-0.1, -0.05) is 29.9 Å². The maximum absolute atomic E-state index is 12.4. The molecule has 0 spiro atoms. The molecule has 0 saturated carbocycles. The van der Waals surface area contributed by atoms with E-state index >= 15 is 0 Å². The Bertz CT molecular complexity index is 528. The first kappa shape index (κ1) is 16.3. The monoisotopic (exact) mass is 337 g/mol. The molecular formula is C13H15ClF3N3S. The van der Waals surface area contributed by atoms with E-state index < -0.39 is 12.7 Å². The van der Waals surface area contributed by atoms with Crippen LogP contribution >= 0.6 is 23.8 Å². The van der Waals surface area contributed by atoms with E-state index in [2.05, 4.69) is 0 Å². The number of anilines is 1. The first-order valence-electron chi connectivity index (χ1n) is 6.40. The van der Waals surface area contributed by atoms with E-state index in [0.717, 1.165) is 5.69 Å². The van der Waals surface area contributed by atoms with Crippen molar-refractivity contribution in [3.05, 3.63) is 28.8 Å². The van der Waals surface area contributed by atoms with Crippen LogP contribution < -0.4 is 10.6 Å². The van der Waals surface area contributed by atoms with Crippen molar-refractivity contribution in [2.45, 2.75) is 6.18 Å². The van der Waals surface area contributed by atoms with E-state index in [0.29, 0.717) is 36.8 Å². The Kier molecular flexibility index (Phi) is 4.95. The minimum Gasteiger partial charge on any atom is -0.389 e. The van der Waals surface area contributed by atoms with Gasteiger partial charge < -0.3 is 10.6 Å². The van der Waals surface area contributed by atoms with Crippen molar-refractivity contribution in [1.29, 1.82) is 0 Å². The van der Waals surface area contributed by atoms with Gasteiger partial charge in [-0.3, -0.25) is 4.90 Å². The maximum Gasteiger partial charge on any atom is 0.401 e. The molecule has 1 fully saturated rings. The normalized spacial score (nSPS) is 17.0. The summed E-state index contributed by atoms with van der Waals surface area (Å²) in [6, 6.07) is 5.31. The summed E-state index contributed by atoms with van der Waals surface area (Å²) in [4.78, 5) is 3.54. The summed E-state index contributed by atoms with van der Waals surface area (Å²) in [6.07, 6.45) is -4.16. The highest BCUT2D eigenvalue weighted by molar-refractivity contribution is 7.80. The second-order valence-electron chi connectivity index (χ2n) is 4.88. The number of benzene rings is 1. The molecule has 1 aromatic carbocycles. The minimum atomic E-state index is -4.16. The Morgan fingerprint density at radius 3 is 2.38 bits per heavy atom. The Labute approximate surface area is 131 Å². The molecule has 2 rings (SSSR count). The number of piperazine rings is 1. The fourth-order valence-corrected chi connectivity index (χ4v) is 2.96. The Morgan fingerprint density at radius 2 is 1.86 bits per heavy atom. The number of nitrogens with two attached hydrogens (primary N) is 1. The van der Waals surface area contributed by atoms with Crippen LogP contribution in [-0.2, 0) is 0 Å². The molecule has 1 heterocycles. The Morgan fingerprint density at radius 1 is 1.24 bits per heavy atom. The Hall–Kier alpha value is -1.05. The number of nitrogens with zero attached hydrogens (tertiary/aromatic N) is 2. The zero-order chi connectivity index (χ0) is 15.6. The molecule has 1 aromatic rings. The van der Waals surface area contributed by atoms with Gasteiger partial charge in [-0.25, -0.2) is 0 Å². The van der Waals surface area contributed by atoms with E-state index in [1.807, 2.05) is 11.0 Å². The summed E-state index contributed by atoms with van der Waals surface area (Å²) < 4.78 is 37.1. The summed E-state index contributed by atoms with van der Waals surface area (Å²) in [7, 11) is 0. The van der Waals surface area contributed by atoms with E-state index in [4.69, 9.17) is 29.6 Å². The Balaban J connectivity index is 2.10. The lowest BCUT2D eigenvalue weighted by Crippen LogP contribution is -2.49. The summed E-state index contributed by atoms with van der Waals surface area (Å²) in [5.74, 6) is 0. The maximum atomic E-state index is 12.4. The molecule has 1 aliphatic heterocycles. The van der Waals surface area contributed by atoms with Gasteiger partial charge in [0.15, 0.2) is 0 Å². The summed E-state index contributed by atoms with van der Waals surface area (Å²) >= 11 is 11.1. The number of thiocarbonyl (C=S) groups is 1. The van der Waals surface area contributed by atoms with Crippen LogP contribution in [0.2, 0.25) is 5.02 Å². The third-order valence-electron chi connectivity index (χ3n) is 3.35. The lowest BCUT2D eigenvalue weighted by molar-refractivity contribution is -0.146. The molecule has 3 nitrogen and oxygen atoms in total. The summed E-state index contributed by atoms with van der Waals surface area (Å²) in [5.41, 5.74) is 7.05. The smallest absolute Gasteiger partial charge is 0.389 e. The zero-order valence-corrected chi connectivity index (χ0v) is 12.7. The average Bonchev–Trinajstić information content (AvgIpc) is 2.37. The third-order valence-corrected chi connectivity index (χ3v) is 3.87. The molecule has 21 heavy (non-hydrogen) atoms. The van der Waals surface area contributed by atoms with Crippen LogP contribution in [0.5, 0.6) is 0 Å². The van der Waals surface area contributed by atoms with Crippen LogP contribution in [0.4, 0.5) is 18.9 Å². The predicted molar refractivity (Wildman–Crippen MR) is 82.0 cm³/mol. The number of rotatable bonds is 3. The number of halogens is 4. The van der Waals surface area contributed by atoms with Crippen LogP contribution in [0.15, 0.2) is 18.2 Å². The van der Waals surface area contributed by atoms with Gasteiger partial charge in [-0.05, 0) is 12.1 Å². The molecule has 0 bridgehead atoms. The van der Waals surface area contributed by atoms with Gasteiger partial charge in [0.2, 0.25) is 0 Å². The van der Waals surface area contributed by atoms with Gasteiger partial charge in [0.05, 0.1) is 17.1 Å². The number of hydrogen-bond donors (Lipinski definition) is 1. The molecule has 2 N–H and O–H groups in total. The fourth-order valence-electron chi connectivity index (χ4n) is 2.42. The van der Waals surface area contributed by atoms with Crippen LogP contribution in [0, 0.1) is 0 Å². The van der Waals surface area contributed by atoms with Crippen LogP contribution in [-0.4, -0.2) is 48.8 Å². The quantitative estimate of drug-likeness (QED) is 0.860. The predicted octanol–water partition coefficient (Wildman–Crippen LogP) is 2.66. The summed E-state index contributed by atoms with van der Waals surface area (Å²) in [5, 5.41) is 0.456. The highest BCUT2D eigenvalue weighted by Crippen LogP contribution is 2.28. The highest BCUT2D eigenvalue weighted by atomic mass is 35.5. The molecule has 0 amide bonds. The molecule has 0 aromatic heterocycles. The number of hydrogen-bond acceptors (Lipinski definition) is 3. The molecule has 0 radical (unpaired) electrons. The van der Waals surface area contributed by atoms with Crippen molar-refractivity contribution in [2.75, 3.05) is 37.6 Å². The zero-order valence-electron chi connectivity index (χ0n) is 11.2. The number of alkyl halides is 3. The topological polar surface area (TPSA) is 32.5 Å². The van der Waals surface area contributed by atoms with Gasteiger partial charge in [0.1, 0.15) is 4.99 Å². The van der Waals surface area contributed by atoms with Gasteiger partial charge in [-0.15, -0.1) is 0 Å². The van der Waals surface area contributed by atoms with Crippen LogP contribution in [0.3, 0.4) is 0 Å². The van der Waals surface area contributed by atoms with E-state index in [-0.39, 0.29) is 4.99 Å². The van der Waals surface area contributed by atoms with Crippen LogP contribution in [0.1, 0.15) is 5.56 Å². The van der Waals surface area contributed by atoms with Gasteiger partial charge >= 0.3 is 6.18 Å². The van der Waals surface area contributed by atoms with Gasteiger partial charge in [0, 0.05) is 31.9 Å². The van der Waals surface area contributed by atoms with Crippen molar-refractivity contribution >= 4 is 34.5 Å².